The first-order chi connectivity index (χ1) is 14.7. The topological polar surface area (TPSA) is 79.9 Å². The molecule has 168 valence electrons. The number of amides is 2. The summed E-state index contributed by atoms with van der Waals surface area (Å²) in [6, 6.07) is 12.5. The third-order valence-corrected chi connectivity index (χ3v) is 4.96. The lowest BCUT2D eigenvalue weighted by atomic mass is 9.96. The van der Waals surface area contributed by atoms with E-state index in [1.54, 1.807) is 37.3 Å². The predicted molar refractivity (Wildman–Crippen MR) is 123 cm³/mol. The van der Waals surface area contributed by atoms with Gasteiger partial charge in [0.2, 0.25) is 11.8 Å². The van der Waals surface area contributed by atoms with Crippen molar-refractivity contribution in [3.63, 3.8) is 0 Å². The first-order valence-corrected chi connectivity index (χ1v) is 10.4. The van der Waals surface area contributed by atoms with Gasteiger partial charge in [0.1, 0.15) is 11.5 Å². The number of hydrogen-bond donors (Lipinski definition) is 2. The van der Waals surface area contributed by atoms with Gasteiger partial charge in [0.25, 0.3) is 0 Å². The van der Waals surface area contributed by atoms with Crippen molar-refractivity contribution in [2.45, 2.75) is 19.9 Å². The Morgan fingerprint density at radius 1 is 1.00 bits per heavy atom. The van der Waals surface area contributed by atoms with Crippen molar-refractivity contribution in [3.05, 3.63) is 53.1 Å². The maximum atomic E-state index is 12.6. The van der Waals surface area contributed by atoms with E-state index in [9.17, 15) is 9.59 Å². The molecule has 0 aromatic heterocycles. The zero-order valence-electron chi connectivity index (χ0n) is 18.6. The Bertz CT molecular complexity index is 887. The predicted octanol–water partition coefficient (Wildman–Crippen LogP) is 3.74. The van der Waals surface area contributed by atoms with Gasteiger partial charge in [-0.1, -0.05) is 37.6 Å². The lowest BCUT2D eigenvalue weighted by Crippen LogP contribution is -2.41. The van der Waals surface area contributed by atoms with E-state index in [1.165, 1.54) is 7.11 Å². The van der Waals surface area contributed by atoms with Gasteiger partial charge in [-0.15, -0.1) is 0 Å². The molecule has 0 heterocycles. The molecule has 2 rings (SSSR count). The van der Waals surface area contributed by atoms with E-state index in [0.29, 0.717) is 16.5 Å². The van der Waals surface area contributed by atoms with Gasteiger partial charge in [-0.3, -0.25) is 14.5 Å². The molecule has 2 aromatic carbocycles. The molecule has 0 fully saturated rings. The molecule has 0 saturated heterocycles. The molecule has 31 heavy (non-hydrogen) atoms. The Labute approximate surface area is 188 Å². The summed E-state index contributed by atoms with van der Waals surface area (Å²) in [6.45, 7) is 4.22. The first kappa shape index (κ1) is 24.5. The van der Waals surface area contributed by atoms with Gasteiger partial charge in [-0.2, -0.15) is 0 Å². The lowest BCUT2D eigenvalue weighted by Gasteiger charge is -2.25. The fourth-order valence-electron chi connectivity index (χ4n) is 3.18. The summed E-state index contributed by atoms with van der Waals surface area (Å²) in [7, 11) is 4.85. The number of rotatable bonds is 10. The van der Waals surface area contributed by atoms with Crippen LogP contribution >= 0.6 is 11.6 Å². The molecular formula is C23H30ClN3O4. The molecule has 0 aliphatic carbocycles. The number of anilines is 1. The Hall–Kier alpha value is -2.77. The number of hydrogen-bond acceptors (Lipinski definition) is 5. The molecular weight excluding hydrogens is 418 g/mol. The van der Waals surface area contributed by atoms with E-state index >= 15 is 0 Å². The highest BCUT2D eigenvalue weighted by atomic mass is 35.5. The van der Waals surface area contributed by atoms with Crippen LogP contribution in [0.3, 0.4) is 0 Å². The summed E-state index contributed by atoms with van der Waals surface area (Å²) in [5, 5.41) is 6.32. The van der Waals surface area contributed by atoms with Crippen LogP contribution in [0.25, 0.3) is 0 Å². The second-order valence-electron chi connectivity index (χ2n) is 7.63. The van der Waals surface area contributed by atoms with Gasteiger partial charge in [-0.25, -0.2) is 0 Å². The largest absolute Gasteiger partial charge is 0.497 e. The average Bonchev–Trinajstić information content (AvgIpc) is 2.72. The number of nitrogens with zero attached hydrogens (tertiary/aromatic N) is 1. The molecule has 0 aliphatic heterocycles. The van der Waals surface area contributed by atoms with Crippen molar-refractivity contribution in [3.8, 4) is 11.5 Å². The van der Waals surface area contributed by atoms with Crippen molar-refractivity contribution in [1.29, 1.82) is 0 Å². The van der Waals surface area contributed by atoms with Crippen LogP contribution in [0.1, 0.15) is 25.5 Å². The SMILES string of the molecule is COc1ccc(C(NC(=O)CN(C)CC(=O)Nc2cc(Cl)ccc2OC)C(C)C)cc1. The summed E-state index contributed by atoms with van der Waals surface area (Å²) < 4.78 is 10.4. The molecule has 0 bridgehead atoms. The maximum absolute atomic E-state index is 12.6. The van der Waals surface area contributed by atoms with E-state index in [1.807, 2.05) is 38.1 Å². The summed E-state index contributed by atoms with van der Waals surface area (Å²) in [5.41, 5.74) is 1.48. The highest BCUT2D eigenvalue weighted by Crippen LogP contribution is 2.27. The average molecular weight is 448 g/mol. The second kappa shape index (κ2) is 11.6. The van der Waals surface area contributed by atoms with E-state index in [0.717, 1.165) is 11.3 Å². The lowest BCUT2D eigenvalue weighted by molar-refractivity contribution is -0.123. The van der Waals surface area contributed by atoms with Crippen LogP contribution < -0.4 is 20.1 Å². The maximum Gasteiger partial charge on any atom is 0.238 e. The van der Waals surface area contributed by atoms with Crippen LogP contribution in [-0.4, -0.2) is 51.1 Å². The Morgan fingerprint density at radius 2 is 1.65 bits per heavy atom. The number of benzene rings is 2. The van der Waals surface area contributed by atoms with Crippen LogP contribution in [-0.2, 0) is 9.59 Å². The number of methoxy groups -OCH3 is 2. The summed E-state index contributed by atoms with van der Waals surface area (Å²) in [4.78, 5) is 26.7. The van der Waals surface area contributed by atoms with Crippen molar-refractivity contribution >= 4 is 29.1 Å². The molecule has 7 nitrogen and oxygen atoms in total. The minimum atomic E-state index is -0.272. The standard InChI is InChI=1S/C23H30ClN3O4/c1-15(2)23(16-6-9-18(30-4)10-7-16)26-22(29)14-27(3)13-21(28)25-19-12-17(24)8-11-20(19)31-5/h6-12,15,23H,13-14H2,1-5H3,(H,25,28)(H,26,29). The number of nitrogens with one attached hydrogen (secondary N) is 2. The Morgan fingerprint density at radius 3 is 2.23 bits per heavy atom. The first-order valence-electron chi connectivity index (χ1n) is 9.98. The van der Waals surface area contributed by atoms with E-state index in [-0.39, 0.29) is 36.9 Å². The number of carbonyl (C=O) groups is 2. The molecule has 1 atom stereocenters. The van der Waals surface area contributed by atoms with E-state index in [4.69, 9.17) is 21.1 Å². The Kier molecular flexibility index (Phi) is 9.15. The number of halogens is 1. The van der Waals surface area contributed by atoms with Gasteiger partial charge in [-0.05, 0) is 48.9 Å². The Balaban J connectivity index is 1.93. The minimum absolute atomic E-state index is 0.0397. The summed E-state index contributed by atoms with van der Waals surface area (Å²) in [6.07, 6.45) is 0. The zero-order chi connectivity index (χ0) is 23.0. The van der Waals surface area contributed by atoms with Gasteiger partial charge >= 0.3 is 0 Å². The molecule has 0 saturated carbocycles. The molecule has 0 radical (unpaired) electrons. The third-order valence-electron chi connectivity index (χ3n) is 4.72. The molecule has 0 spiro atoms. The molecule has 0 aliphatic rings. The van der Waals surface area contributed by atoms with Crippen LogP contribution in [0.15, 0.2) is 42.5 Å². The van der Waals surface area contributed by atoms with Crippen LogP contribution in [0.4, 0.5) is 5.69 Å². The fraction of sp³-hybridized carbons (Fsp3) is 0.391. The monoisotopic (exact) mass is 447 g/mol. The molecule has 8 heteroatoms. The molecule has 2 aromatic rings. The third kappa shape index (κ3) is 7.45. The zero-order valence-corrected chi connectivity index (χ0v) is 19.3. The van der Waals surface area contributed by atoms with Gasteiger partial charge in [0.15, 0.2) is 0 Å². The van der Waals surface area contributed by atoms with Crippen LogP contribution in [0.2, 0.25) is 5.02 Å². The van der Waals surface area contributed by atoms with E-state index < -0.39 is 0 Å². The summed E-state index contributed by atoms with van der Waals surface area (Å²) in [5.74, 6) is 1.04. The van der Waals surface area contributed by atoms with Crippen LogP contribution in [0.5, 0.6) is 11.5 Å². The van der Waals surface area contributed by atoms with Crippen molar-refractivity contribution in [2.24, 2.45) is 5.92 Å². The highest BCUT2D eigenvalue weighted by Gasteiger charge is 2.20. The molecule has 1 unspecified atom stereocenters. The number of likely N-dealkylation sites (N-methyl/N-ethyl adjacent to an activating group) is 1. The number of ether oxygens (including phenoxy) is 2. The molecule has 2 amide bonds. The minimum Gasteiger partial charge on any atom is -0.497 e. The van der Waals surface area contributed by atoms with Crippen LogP contribution in [0, 0.1) is 5.92 Å². The van der Waals surface area contributed by atoms with Gasteiger partial charge < -0.3 is 20.1 Å². The smallest absolute Gasteiger partial charge is 0.238 e. The summed E-state index contributed by atoms with van der Waals surface area (Å²) >= 11 is 6.00. The normalized spacial score (nSPS) is 11.9. The highest BCUT2D eigenvalue weighted by molar-refractivity contribution is 6.31. The van der Waals surface area contributed by atoms with Crippen molar-refractivity contribution in [2.75, 3.05) is 39.7 Å². The van der Waals surface area contributed by atoms with E-state index in [2.05, 4.69) is 10.6 Å². The van der Waals surface area contributed by atoms with Gasteiger partial charge in [0, 0.05) is 5.02 Å². The number of carbonyl (C=O) groups excluding carboxylic acids is 2. The van der Waals surface area contributed by atoms with Gasteiger partial charge in [0.05, 0.1) is 39.0 Å². The quantitative estimate of drug-likeness (QED) is 0.580. The fourth-order valence-corrected chi connectivity index (χ4v) is 3.35. The second-order valence-corrected chi connectivity index (χ2v) is 8.06. The van der Waals surface area contributed by atoms with Crippen molar-refractivity contribution in [1.82, 2.24) is 10.2 Å². The molecule has 2 N–H and O–H groups in total. The van der Waals surface area contributed by atoms with Crippen molar-refractivity contribution < 1.29 is 19.1 Å².